The molecule has 1 amide bonds. The summed E-state index contributed by atoms with van der Waals surface area (Å²) in [5.41, 5.74) is 1.15. The third-order valence-corrected chi connectivity index (χ3v) is 2.47. The minimum absolute atomic E-state index is 0.329. The summed E-state index contributed by atoms with van der Waals surface area (Å²) >= 11 is 3.38. The van der Waals surface area contributed by atoms with E-state index in [1.807, 2.05) is 24.3 Å². The Hall–Kier alpha value is -0.870. The van der Waals surface area contributed by atoms with Gasteiger partial charge < -0.3 is 10.4 Å². The van der Waals surface area contributed by atoms with Crippen LogP contribution in [0.1, 0.15) is 12.5 Å². The Morgan fingerprint density at radius 2 is 2.33 bits per heavy atom. The normalized spacial score (nSPS) is 12.2. The monoisotopic (exact) mass is 271 g/mol. The molecule has 0 bridgehead atoms. The first-order valence-corrected chi connectivity index (χ1v) is 5.59. The lowest BCUT2D eigenvalue weighted by Gasteiger charge is -2.07. The molecule has 1 atom stereocenters. The standard InChI is InChI=1S/C11H14BrNO2/c1-8(14)11(15)13-6-5-9-3-2-4-10(12)7-9/h2-4,7-8,14H,5-6H2,1H3,(H,13,15). The van der Waals surface area contributed by atoms with E-state index in [0.717, 1.165) is 16.5 Å². The van der Waals surface area contributed by atoms with Gasteiger partial charge in [0.15, 0.2) is 0 Å². The number of hydrogen-bond donors (Lipinski definition) is 2. The maximum absolute atomic E-state index is 11.0. The fourth-order valence-corrected chi connectivity index (χ4v) is 1.62. The number of hydrogen-bond acceptors (Lipinski definition) is 2. The van der Waals surface area contributed by atoms with E-state index >= 15 is 0 Å². The zero-order valence-electron chi connectivity index (χ0n) is 8.53. The minimum Gasteiger partial charge on any atom is -0.384 e. The maximum Gasteiger partial charge on any atom is 0.248 e. The SMILES string of the molecule is CC(O)C(=O)NCCc1cccc(Br)c1. The van der Waals surface area contributed by atoms with Gasteiger partial charge in [0.2, 0.25) is 5.91 Å². The highest BCUT2D eigenvalue weighted by Crippen LogP contribution is 2.11. The van der Waals surface area contributed by atoms with Crippen molar-refractivity contribution in [2.75, 3.05) is 6.54 Å². The Labute approximate surface area is 97.6 Å². The van der Waals surface area contributed by atoms with E-state index in [1.165, 1.54) is 6.92 Å². The van der Waals surface area contributed by atoms with Crippen molar-refractivity contribution in [1.29, 1.82) is 0 Å². The van der Waals surface area contributed by atoms with Crippen LogP contribution in [-0.2, 0) is 11.2 Å². The lowest BCUT2D eigenvalue weighted by Crippen LogP contribution is -2.33. The van der Waals surface area contributed by atoms with Crippen molar-refractivity contribution in [3.63, 3.8) is 0 Å². The molecule has 0 radical (unpaired) electrons. The zero-order chi connectivity index (χ0) is 11.3. The maximum atomic E-state index is 11.0. The number of carbonyl (C=O) groups is 1. The van der Waals surface area contributed by atoms with Crippen molar-refractivity contribution >= 4 is 21.8 Å². The fourth-order valence-electron chi connectivity index (χ4n) is 1.17. The van der Waals surface area contributed by atoms with Crippen molar-refractivity contribution in [2.24, 2.45) is 0 Å². The van der Waals surface area contributed by atoms with Gasteiger partial charge in [-0.15, -0.1) is 0 Å². The average molecular weight is 272 g/mol. The molecule has 1 unspecified atom stereocenters. The highest BCUT2D eigenvalue weighted by atomic mass is 79.9. The largest absolute Gasteiger partial charge is 0.384 e. The summed E-state index contributed by atoms with van der Waals surface area (Å²) in [5, 5.41) is 11.6. The smallest absolute Gasteiger partial charge is 0.248 e. The summed E-state index contributed by atoms with van der Waals surface area (Å²) in [4.78, 5) is 11.0. The van der Waals surface area contributed by atoms with E-state index in [1.54, 1.807) is 0 Å². The van der Waals surface area contributed by atoms with Crippen LogP contribution in [0.25, 0.3) is 0 Å². The Morgan fingerprint density at radius 1 is 1.60 bits per heavy atom. The number of amides is 1. The first-order valence-electron chi connectivity index (χ1n) is 4.80. The molecule has 0 saturated carbocycles. The van der Waals surface area contributed by atoms with Crippen molar-refractivity contribution in [3.05, 3.63) is 34.3 Å². The van der Waals surface area contributed by atoms with Crippen LogP contribution >= 0.6 is 15.9 Å². The van der Waals surface area contributed by atoms with Crippen LogP contribution < -0.4 is 5.32 Å². The van der Waals surface area contributed by atoms with Crippen LogP contribution in [0.2, 0.25) is 0 Å². The van der Waals surface area contributed by atoms with Gasteiger partial charge in [-0.3, -0.25) is 4.79 Å². The third-order valence-electron chi connectivity index (χ3n) is 1.98. The number of rotatable bonds is 4. The highest BCUT2D eigenvalue weighted by Gasteiger charge is 2.06. The second-order valence-electron chi connectivity index (χ2n) is 3.35. The molecule has 4 heteroatoms. The van der Waals surface area contributed by atoms with Gasteiger partial charge in [0.05, 0.1) is 0 Å². The molecule has 2 N–H and O–H groups in total. The number of aliphatic hydroxyl groups is 1. The summed E-state index contributed by atoms with van der Waals surface area (Å²) in [5.74, 6) is -0.329. The van der Waals surface area contributed by atoms with Crippen molar-refractivity contribution in [1.82, 2.24) is 5.32 Å². The first kappa shape index (κ1) is 12.2. The second-order valence-corrected chi connectivity index (χ2v) is 4.26. The van der Waals surface area contributed by atoms with E-state index in [9.17, 15) is 4.79 Å². The molecule has 0 aliphatic carbocycles. The second kappa shape index (κ2) is 5.88. The lowest BCUT2D eigenvalue weighted by atomic mass is 10.1. The van der Waals surface area contributed by atoms with E-state index < -0.39 is 6.10 Å². The number of nitrogens with one attached hydrogen (secondary N) is 1. The van der Waals surface area contributed by atoms with Crippen LogP contribution in [0.5, 0.6) is 0 Å². The van der Waals surface area contributed by atoms with Gasteiger partial charge in [-0.2, -0.15) is 0 Å². The molecular weight excluding hydrogens is 258 g/mol. The van der Waals surface area contributed by atoms with Crippen LogP contribution in [-0.4, -0.2) is 23.7 Å². The predicted octanol–water partition coefficient (Wildman–Crippen LogP) is 1.49. The molecule has 82 valence electrons. The lowest BCUT2D eigenvalue weighted by molar-refractivity contribution is -0.128. The van der Waals surface area contributed by atoms with E-state index in [4.69, 9.17) is 5.11 Å². The van der Waals surface area contributed by atoms with Gasteiger partial charge in [-0.05, 0) is 31.0 Å². The molecule has 15 heavy (non-hydrogen) atoms. The predicted molar refractivity (Wildman–Crippen MR) is 62.5 cm³/mol. The number of halogens is 1. The van der Waals surface area contributed by atoms with Crippen molar-refractivity contribution in [2.45, 2.75) is 19.4 Å². The van der Waals surface area contributed by atoms with Crippen LogP contribution in [0.4, 0.5) is 0 Å². The van der Waals surface area contributed by atoms with E-state index in [0.29, 0.717) is 6.54 Å². The van der Waals surface area contributed by atoms with Crippen LogP contribution in [0.3, 0.4) is 0 Å². The minimum atomic E-state index is -0.937. The molecule has 0 spiro atoms. The Morgan fingerprint density at radius 3 is 2.93 bits per heavy atom. The summed E-state index contributed by atoms with van der Waals surface area (Å²) in [6, 6.07) is 7.92. The van der Waals surface area contributed by atoms with Gasteiger partial charge in [0.25, 0.3) is 0 Å². The summed E-state index contributed by atoms with van der Waals surface area (Å²) in [7, 11) is 0. The van der Waals surface area contributed by atoms with Crippen molar-refractivity contribution < 1.29 is 9.90 Å². The Balaban J connectivity index is 2.35. The highest BCUT2D eigenvalue weighted by molar-refractivity contribution is 9.10. The molecule has 0 fully saturated rings. The number of aliphatic hydroxyl groups excluding tert-OH is 1. The molecule has 0 aliphatic heterocycles. The Kier molecular flexibility index (Phi) is 4.78. The average Bonchev–Trinajstić information content (AvgIpc) is 2.17. The number of carbonyl (C=O) groups excluding carboxylic acids is 1. The van der Waals surface area contributed by atoms with Gasteiger partial charge in [-0.1, -0.05) is 28.1 Å². The number of benzene rings is 1. The van der Waals surface area contributed by atoms with Crippen molar-refractivity contribution in [3.8, 4) is 0 Å². The van der Waals surface area contributed by atoms with Crippen LogP contribution in [0.15, 0.2) is 28.7 Å². The molecule has 0 heterocycles. The first-order chi connectivity index (χ1) is 7.09. The third kappa shape index (κ3) is 4.44. The molecular formula is C11H14BrNO2. The molecule has 0 saturated heterocycles. The van der Waals surface area contributed by atoms with Gasteiger partial charge in [-0.25, -0.2) is 0 Å². The molecule has 0 aromatic heterocycles. The Bertz CT molecular complexity index is 339. The van der Waals surface area contributed by atoms with E-state index in [2.05, 4.69) is 21.2 Å². The molecule has 1 rings (SSSR count). The topological polar surface area (TPSA) is 49.3 Å². The molecule has 1 aromatic rings. The van der Waals surface area contributed by atoms with Gasteiger partial charge >= 0.3 is 0 Å². The molecule has 3 nitrogen and oxygen atoms in total. The molecule has 0 aliphatic rings. The summed E-state index contributed by atoms with van der Waals surface area (Å²) in [6.45, 7) is 1.99. The summed E-state index contributed by atoms with van der Waals surface area (Å²) < 4.78 is 1.03. The van der Waals surface area contributed by atoms with Crippen LogP contribution in [0, 0.1) is 0 Å². The van der Waals surface area contributed by atoms with Gasteiger partial charge in [0.1, 0.15) is 6.10 Å². The zero-order valence-corrected chi connectivity index (χ0v) is 10.1. The fraction of sp³-hybridized carbons (Fsp3) is 0.364. The summed E-state index contributed by atoms with van der Waals surface area (Å²) in [6.07, 6.45) is -0.176. The van der Waals surface area contributed by atoms with E-state index in [-0.39, 0.29) is 5.91 Å². The molecule has 1 aromatic carbocycles. The quantitative estimate of drug-likeness (QED) is 0.872. The van der Waals surface area contributed by atoms with Gasteiger partial charge in [0, 0.05) is 11.0 Å².